The predicted octanol–water partition coefficient (Wildman–Crippen LogP) is 1.18. The molecule has 0 aromatic heterocycles. The molecule has 1 fully saturated rings. The molecule has 1 aromatic rings. The highest BCUT2D eigenvalue weighted by Crippen LogP contribution is 2.39. The van der Waals surface area contributed by atoms with E-state index in [0.29, 0.717) is 16.9 Å². The van der Waals surface area contributed by atoms with Crippen LogP contribution in [0, 0.1) is 0 Å². The molecule has 1 saturated heterocycles. The maximum absolute atomic E-state index is 12.9. The predicted molar refractivity (Wildman–Crippen MR) is 100 cm³/mol. The SMILES string of the molecule is COc1ccc2c(c1OCC(=O)OC(C)(C)C)CN(C1CCC(=O)NC1=O)C2=O. The van der Waals surface area contributed by atoms with Gasteiger partial charge in [-0.2, -0.15) is 0 Å². The number of carbonyl (C=O) groups is 4. The van der Waals surface area contributed by atoms with Crippen molar-refractivity contribution in [1.29, 1.82) is 0 Å². The first kappa shape index (κ1) is 20.6. The van der Waals surface area contributed by atoms with E-state index >= 15 is 0 Å². The van der Waals surface area contributed by atoms with Crippen LogP contribution < -0.4 is 14.8 Å². The molecule has 156 valence electrons. The number of benzene rings is 1. The number of nitrogens with zero attached hydrogens (tertiary/aromatic N) is 1. The maximum atomic E-state index is 12.9. The average molecular weight is 404 g/mol. The molecule has 0 bridgehead atoms. The molecule has 2 aliphatic heterocycles. The number of nitrogens with one attached hydrogen (secondary N) is 1. The van der Waals surface area contributed by atoms with E-state index in [-0.39, 0.29) is 43.6 Å². The van der Waals surface area contributed by atoms with Crippen LogP contribution in [0.15, 0.2) is 12.1 Å². The van der Waals surface area contributed by atoms with Crippen LogP contribution in [0.4, 0.5) is 0 Å². The second-order valence-electron chi connectivity index (χ2n) is 7.90. The quantitative estimate of drug-likeness (QED) is 0.579. The van der Waals surface area contributed by atoms with Gasteiger partial charge in [0.2, 0.25) is 11.8 Å². The molecule has 0 saturated carbocycles. The van der Waals surface area contributed by atoms with Crippen molar-refractivity contribution >= 4 is 23.7 Å². The summed E-state index contributed by atoms with van der Waals surface area (Å²) in [5, 5.41) is 2.26. The first-order chi connectivity index (χ1) is 13.6. The number of hydrogen-bond acceptors (Lipinski definition) is 7. The molecule has 1 unspecified atom stereocenters. The highest BCUT2D eigenvalue weighted by atomic mass is 16.6. The zero-order chi connectivity index (χ0) is 21.3. The number of fused-ring (bicyclic) bond motifs is 1. The molecule has 0 aliphatic carbocycles. The van der Waals surface area contributed by atoms with E-state index in [0.717, 1.165) is 0 Å². The maximum Gasteiger partial charge on any atom is 0.344 e. The van der Waals surface area contributed by atoms with Gasteiger partial charge in [-0.3, -0.25) is 19.7 Å². The number of carbonyl (C=O) groups excluding carboxylic acids is 4. The second-order valence-corrected chi connectivity index (χ2v) is 7.90. The van der Waals surface area contributed by atoms with E-state index in [4.69, 9.17) is 14.2 Å². The number of imide groups is 1. The van der Waals surface area contributed by atoms with Crippen LogP contribution in [-0.2, 0) is 25.7 Å². The van der Waals surface area contributed by atoms with Crippen LogP contribution in [-0.4, -0.2) is 54.0 Å². The molecular weight excluding hydrogens is 380 g/mol. The standard InChI is InChI=1S/C20H24N2O7/c1-20(2,3)29-16(24)10-28-17-12-9-22(13-6-8-15(23)21-18(13)25)19(26)11(12)5-7-14(17)27-4/h5,7,13H,6,8-10H2,1-4H3,(H,21,23,25). The van der Waals surface area contributed by atoms with E-state index in [2.05, 4.69) is 5.32 Å². The number of piperidine rings is 1. The lowest BCUT2D eigenvalue weighted by molar-refractivity contribution is -0.157. The molecule has 0 spiro atoms. The smallest absolute Gasteiger partial charge is 0.344 e. The highest BCUT2D eigenvalue weighted by molar-refractivity contribution is 6.05. The first-order valence-corrected chi connectivity index (χ1v) is 9.30. The van der Waals surface area contributed by atoms with Crippen molar-refractivity contribution in [3.63, 3.8) is 0 Å². The van der Waals surface area contributed by atoms with Gasteiger partial charge in [0.25, 0.3) is 5.91 Å². The number of hydrogen-bond donors (Lipinski definition) is 1. The van der Waals surface area contributed by atoms with Crippen LogP contribution in [0.3, 0.4) is 0 Å². The molecule has 1 N–H and O–H groups in total. The first-order valence-electron chi connectivity index (χ1n) is 9.30. The van der Waals surface area contributed by atoms with Crippen molar-refractivity contribution in [2.45, 2.75) is 51.8 Å². The Morgan fingerprint density at radius 2 is 1.97 bits per heavy atom. The molecule has 3 rings (SSSR count). The average Bonchev–Trinajstić information content (AvgIpc) is 2.95. The lowest BCUT2D eigenvalue weighted by Gasteiger charge is -2.29. The third kappa shape index (κ3) is 4.33. The van der Waals surface area contributed by atoms with Crippen LogP contribution in [0.2, 0.25) is 0 Å². The molecule has 9 nitrogen and oxygen atoms in total. The van der Waals surface area contributed by atoms with E-state index in [1.807, 2.05) is 0 Å². The van der Waals surface area contributed by atoms with Gasteiger partial charge in [-0.25, -0.2) is 4.79 Å². The van der Waals surface area contributed by atoms with Crippen molar-refractivity contribution in [3.8, 4) is 11.5 Å². The minimum Gasteiger partial charge on any atom is -0.493 e. The number of rotatable bonds is 5. The Morgan fingerprint density at radius 3 is 2.59 bits per heavy atom. The Kier molecular flexibility index (Phi) is 5.50. The van der Waals surface area contributed by atoms with Crippen LogP contribution in [0.25, 0.3) is 0 Å². The van der Waals surface area contributed by atoms with E-state index in [9.17, 15) is 19.2 Å². The molecule has 29 heavy (non-hydrogen) atoms. The second kappa shape index (κ2) is 7.73. The van der Waals surface area contributed by atoms with Crippen molar-refractivity contribution in [2.75, 3.05) is 13.7 Å². The van der Waals surface area contributed by atoms with Gasteiger partial charge in [-0.1, -0.05) is 0 Å². The van der Waals surface area contributed by atoms with E-state index < -0.39 is 23.5 Å². The summed E-state index contributed by atoms with van der Waals surface area (Å²) in [5.74, 6) is -1.10. The van der Waals surface area contributed by atoms with Crippen molar-refractivity contribution in [1.82, 2.24) is 10.2 Å². The summed E-state index contributed by atoms with van der Waals surface area (Å²) in [6.07, 6.45) is 0.428. The summed E-state index contributed by atoms with van der Waals surface area (Å²) < 4.78 is 16.2. The summed E-state index contributed by atoms with van der Waals surface area (Å²) >= 11 is 0. The summed E-state index contributed by atoms with van der Waals surface area (Å²) in [7, 11) is 1.46. The fourth-order valence-corrected chi connectivity index (χ4v) is 3.41. The largest absolute Gasteiger partial charge is 0.493 e. The lowest BCUT2D eigenvalue weighted by atomic mass is 10.0. The summed E-state index contributed by atoms with van der Waals surface area (Å²) in [5.41, 5.74) is 0.249. The van der Waals surface area contributed by atoms with Gasteiger partial charge in [0.15, 0.2) is 18.1 Å². The Hall–Kier alpha value is -3.10. The number of ether oxygens (including phenoxy) is 3. The van der Waals surface area contributed by atoms with Crippen molar-refractivity contribution in [2.24, 2.45) is 0 Å². The van der Waals surface area contributed by atoms with Crippen molar-refractivity contribution in [3.05, 3.63) is 23.3 Å². The van der Waals surface area contributed by atoms with Gasteiger partial charge in [-0.15, -0.1) is 0 Å². The normalized spacial score (nSPS) is 19.0. The third-order valence-corrected chi connectivity index (χ3v) is 4.60. The summed E-state index contributed by atoms with van der Waals surface area (Å²) in [6.45, 7) is 5.02. The third-order valence-electron chi connectivity index (χ3n) is 4.60. The summed E-state index contributed by atoms with van der Waals surface area (Å²) in [4.78, 5) is 49.9. The number of amides is 3. The molecule has 2 heterocycles. The lowest BCUT2D eigenvalue weighted by Crippen LogP contribution is -2.52. The monoisotopic (exact) mass is 404 g/mol. The highest BCUT2D eigenvalue weighted by Gasteiger charge is 2.41. The molecule has 9 heteroatoms. The molecule has 0 radical (unpaired) electrons. The summed E-state index contributed by atoms with van der Waals surface area (Å²) in [6, 6.07) is 2.44. The zero-order valence-corrected chi connectivity index (χ0v) is 16.9. The van der Waals surface area contributed by atoms with Gasteiger partial charge in [0.05, 0.1) is 13.7 Å². The van der Waals surface area contributed by atoms with E-state index in [1.54, 1.807) is 32.9 Å². The number of methoxy groups -OCH3 is 1. The molecule has 3 amide bonds. The molecule has 2 aliphatic rings. The Balaban J connectivity index is 1.83. The van der Waals surface area contributed by atoms with Crippen LogP contribution in [0.1, 0.15) is 49.5 Å². The molecule has 1 aromatic carbocycles. The van der Waals surface area contributed by atoms with Gasteiger partial charge in [0, 0.05) is 17.5 Å². The molecular formula is C20H24N2O7. The van der Waals surface area contributed by atoms with Crippen LogP contribution in [0.5, 0.6) is 11.5 Å². The topological polar surface area (TPSA) is 111 Å². The Bertz CT molecular complexity index is 872. The van der Waals surface area contributed by atoms with Crippen molar-refractivity contribution < 1.29 is 33.4 Å². The minimum absolute atomic E-state index is 0.112. The van der Waals surface area contributed by atoms with Gasteiger partial charge in [-0.05, 0) is 39.3 Å². The fraction of sp³-hybridized carbons (Fsp3) is 0.500. The fourth-order valence-electron chi connectivity index (χ4n) is 3.41. The minimum atomic E-state index is -0.739. The van der Waals surface area contributed by atoms with Crippen LogP contribution >= 0.6 is 0 Å². The Morgan fingerprint density at radius 1 is 1.24 bits per heavy atom. The van der Waals surface area contributed by atoms with Gasteiger partial charge in [0.1, 0.15) is 11.6 Å². The number of esters is 1. The Labute approximate surface area is 168 Å². The van der Waals surface area contributed by atoms with E-state index in [1.165, 1.54) is 12.0 Å². The van der Waals surface area contributed by atoms with Gasteiger partial charge >= 0.3 is 5.97 Å². The zero-order valence-electron chi connectivity index (χ0n) is 16.9. The molecule has 1 atom stereocenters. The van der Waals surface area contributed by atoms with Gasteiger partial charge < -0.3 is 19.1 Å².